The van der Waals surface area contributed by atoms with Crippen LogP contribution in [0.3, 0.4) is 0 Å². The second-order valence-electron chi connectivity index (χ2n) is 6.72. The summed E-state index contributed by atoms with van der Waals surface area (Å²) in [7, 11) is -3.10. The van der Waals surface area contributed by atoms with Crippen molar-refractivity contribution in [2.45, 2.75) is 12.5 Å². The Morgan fingerprint density at radius 1 is 1.22 bits per heavy atom. The van der Waals surface area contributed by atoms with Crippen molar-refractivity contribution in [3.8, 4) is 0 Å². The fourth-order valence-electron chi connectivity index (χ4n) is 3.43. The van der Waals surface area contributed by atoms with E-state index in [-0.39, 0.29) is 28.9 Å². The summed E-state index contributed by atoms with van der Waals surface area (Å²) in [5, 5.41) is 2.74. The first-order valence-corrected chi connectivity index (χ1v) is 10.6. The molecule has 2 aromatic heterocycles. The maximum absolute atomic E-state index is 12.9. The van der Waals surface area contributed by atoms with E-state index in [9.17, 15) is 18.0 Å². The van der Waals surface area contributed by atoms with Crippen LogP contribution in [0.25, 0.3) is 5.52 Å². The number of hydrogen-bond acceptors (Lipinski definition) is 6. The van der Waals surface area contributed by atoms with Crippen LogP contribution in [-0.2, 0) is 14.6 Å². The van der Waals surface area contributed by atoms with Gasteiger partial charge in [-0.05, 0) is 18.6 Å². The number of nitrogens with zero attached hydrogens (tertiary/aromatic N) is 3. The molecule has 0 saturated carbocycles. The van der Waals surface area contributed by atoms with Gasteiger partial charge >= 0.3 is 0 Å². The van der Waals surface area contributed by atoms with E-state index in [0.29, 0.717) is 38.2 Å². The smallest absolute Gasteiger partial charge is 0.290 e. The average Bonchev–Trinajstić information content (AvgIpc) is 3.22. The molecular formula is C17H20N4O5S. The standard InChI is InChI=1S/C17H20N4O5S/c22-16(18-12-4-10-27(24,25)11-12)14-13-3-1-2-5-21(13)15(19-14)17(23)20-6-8-26-9-7-20/h1-3,5,12H,4,6-11H2,(H,18,22). The van der Waals surface area contributed by atoms with Gasteiger partial charge in [0.05, 0.1) is 30.2 Å². The van der Waals surface area contributed by atoms with Crippen LogP contribution in [0.1, 0.15) is 27.5 Å². The summed E-state index contributed by atoms with van der Waals surface area (Å²) in [6.45, 7) is 1.89. The van der Waals surface area contributed by atoms with Gasteiger partial charge in [-0.2, -0.15) is 0 Å². The molecule has 1 atom stereocenters. The molecule has 4 rings (SSSR count). The number of amides is 2. The monoisotopic (exact) mass is 392 g/mol. The molecule has 2 amide bonds. The minimum absolute atomic E-state index is 0.0654. The van der Waals surface area contributed by atoms with Gasteiger partial charge in [-0.1, -0.05) is 6.07 Å². The van der Waals surface area contributed by atoms with Gasteiger partial charge in [-0.15, -0.1) is 0 Å². The molecule has 2 aromatic rings. The Labute approximate surface area is 156 Å². The Morgan fingerprint density at radius 2 is 2.00 bits per heavy atom. The molecule has 144 valence electrons. The van der Waals surface area contributed by atoms with E-state index in [1.54, 1.807) is 33.7 Å². The van der Waals surface area contributed by atoms with Crippen LogP contribution in [0.4, 0.5) is 0 Å². The summed E-state index contributed by atoms with van der Waals surface area (Å²) < 4.78 is 30.1. The predicted octanol–water partition coefficient (Wildman–Crippen LogP) is -0.276. The third-order valence-electron chi connectivity index (χ3n) is 4.82. The first-order valence-electron chi connectivity index (χ1n) is 8.80. The van der Waals surface area contributed by atoms with Crippen molar-refractivity contribution >= 4 is 27.2 Å². The molecule has 0 bridgehead atoms. The molecule has 9 nitrogen and oxygen atoms in total. The molecule has 0 spiro atoms. The lowest BCUT2D eigenvalue weighted by Gasteiger charge is -2.26. The molecular weight excluding hydrogens is 372 g/mol. The number of pyridine rings is 1. The second-order valence-corrected chi connectivity index (χ2v) is 8.95. The van der Waals surface area contributed by atoms with E-state index >= 15 is 0 Å². The van der Waals surface area contributed by atoms with E-state index < -0.39 is 21.8 Å². The van der Waals surface area contributed by atoms with Gasteiger partial charge in [0.1, 0.15) is 0 Å². The maximum atomic E-state index is 12.9. The van der Waals surface area contributed by atoms with Crippen molar-refractivity contribution in [1.82, 2.24) is 19.6 Å². The van der Waals surface area contributed by atoms with Gasteiger partial charge < -0.3 is 15.0 Å². The van der Waals surface area contributed by atoms with Gasteiger partial charge in [0.25, 0.3) is 11.8 Å². The van der Waals surface area contributed by atoms with Gasteiger partial charge in [0, 0.05) is 25.3 Å². The summed E-state index contributed by atoms with van der Waals surface area (Å²) >= 11 is 0. The number of imidazole rings is 1. The lowest BCUT2D eigenvalue weighted by Crippen LogP contribution is -2.41. The molecule has 1 unspecified atom stereocenters. The number of nitrogens with one attached hydrogen (secondary N) is 1. The first kappa shape index (κ1) is 17.9. The molecule has 4 heterocycles. The summed E-state index contributed by atoms with van der Waals surface area (Å²) in [4.78, 5) is 31.5. The molecule has 0 aliphatic carbocycles. The molecule has 0 radical (unpaired) electrons. The molecule has 2 fully saturated rings. The normalized spacial score (nSPS) is 22.1. The quantitative estimate of drug-likeness (QED) is 0.770. The lowest BCUT2D eigenvalue weighted by atomic mass is 10.2. The topological polar surface area (TPSA) is 110 Å². The number of carbonyl (C=O) groups is 2. The Morgan fingerprint density at radius 3 is 2.70 bits per heavy atom. The van der Waals surface area contributed by atoms with E-state index in [2.05, 4.69) is 10.3 Å². The van der Waals surface area contributed by atoms with Crippen LogP contribution in [0.15, 0.2) is 24.4 Å². The molecule has 0 aromatic carbocycles. The van der Waals surface area contributed by atoms with Crippen LogP contribution >= 0.6 is 0 Å². The van der Waals surface area contributed by atoms with Crippen molar-refractivity contribution in [3.63, 3.8) is 0 Å². The third-order valence-corrected chi connectivity index (χ3v) is 6.59. The fourth-order valence-corrected chi connectivity index (χ4v) is 5.10. The highest BCUT2D eigenvalue weighted by Crippen LogP contribution is 2.17. The molecule has 27 heavy (non-hydrogen) atoms. The van der Waals surface area contributed by atoms with Crippen molar-refractivity contribution in [1.29, 1.82) is 0 Å². The zero-order valence-electron chi connectivity index (χ0n) is 14.6. The van der Waals surface area contributed by atoms with Crippen LogP contribution in [0.2, 0.25) is 0 Å². The number of carbonyl (C=O) groups excluding carboxylic acids is 2. The van der Waals surface area contributed by atoms with E-state index in [0.717, 1.165) is 0 Å². The number of rotatable bonds is 3. The number of fused-ring (bicyclic) bond motifs is 1. The third kappa shape index (κ3) is 3.54. The van der Waals surface area contributed by atoms with Gasteiger partial charge in [0.15, 0.2) is 15.5 Å². The van der Waals surface area contributed by atoms with Crippen molar-refractivity contribution in [2.75, 3.05) is 37.8 Å². The Bertz CT molecular complexity index is 994. The minimum Gasteiger partial charge on any atom is -0.378 e. The van der Waals surface area contributed by atoms with E-state index in [4.69, 9.17) is 4.74 Å². The summed E-state index contributed by atoms with van der Waals surface area (Å²) in [5.41, 5.74) is 0.629. The number of aromatic nitrogens is 2. The largest absolute Gasteiger partial charge is 0.378 e. The summed E-state index contributed by atoms with van der Waals surface area (Å²) in [6, 6.07) is 4.80. The zero-order valence-corrected chi connectivity index (χ0v) is 15.4. The second kappa shape index (κ2) is 6.93. The SMILES string of the molecule is O=C(NC1CCS(=O)(=O)C1)c1nc(C(=O)N2CCOCC2)n2ccccc12. The highest BCUT2D eigenvalue weighted by molar-refractivity contribution is 7.91. The number of ether oxygens (including phenoxy) is 1. The first-order chi connectivity index (χ1) is 12.9. The average molecular weight is 392 g/mol. The number of hydrogen-bond donors (Lipinski definition) is 1. The van der Waals surface area contributed by atoms with Gasteiger partial charge in [-0.25, -0.2) is 13.4 Å². The molecule has 2 aliphatic rings. The van der Waals surface area contributed by atoms with Crippen LogP contribution in [0.5, 0.6) is 0 Å². The van der Waals surface area contributed by atoms with Gasteiger partial charge in [0.2, 0.25) is 5.82 Å². The Balaban J connectivity index is 1.63. The number of morpholine rings is 1. The lowest BCUT2D eigenvalue weighted by molar-refractivity contribution is 0.0294. The van der Waals surface area contributed by atoms with Gasteiger partial charge in [-0.3, -0.25) is 14.0 Å². The van der Waals surface area contributed by atoms with Crippen LogP contribution in [-0.4, -0.2) is 78.4 Å². The highest BCUT2D eigenvalue weighted by Gasteiger charge is 2.31. The van der Waals surface area contributed by atoms with Crippen molar-refractivity contribution < 1.29 is 22.7 Å². The minimum atomic E-state index is -3.10. The highest BCUT2D eigenvalue weighted by atomic mass is 32.2. The van der Waals surface area contributed by atoms with E-state index in [1.165, 1.54) is 0 Å². The Hall–Kier alpha value is -2.46. The molecule has 1 N–H and O–H groups in total. The fraction of sp³-hybridized carbons (Fsp3) is 0.471. The summed E-state index contributed by atoms with van der Waals surface area (Å²) in [6.07, 6.45) is 2.08. The van der Waals surface area contributed by atoms with Crippen molar-refractivity contribution in [3.05, 3.63) is 35.9 Å². The molecule has 10 heteroatoms. The zero-order chi connectivity index (χ0) is 19.0. The maximum Gasteiger partial charge on any atom is 0.290 e. The molecule has 2 aliphatic heterocycles. The summed E-state index contributed by atoms with van der Waals surface area (Å²) in [5.74, 6) is -0.562. The van der Waals surface area contributed by atoms with Crippen molar-refractivity contribution in [2.24, 2.45) is 0 Å². The molecule has 2 saturated heterocycles. The predicted molar refractivity (Wildman–Crippen MR) is 96.4 cm³/mol. The Kier molecular flexibility index (Phi) is 4.60. The van der Waals surface area contributed by atoms with Crippen LogP contribution in [0, 0.1) is 0 Å². The number of sulfone groups is 1. The van der Waals surface area contributed by atoms with E-state index in [1.807, 2.05) is 0 Å². The van der Waals surface area contributed by atoms with Crippen LogP contribution < -0.4 is 5.32 Å².